The SMILES string of the molecule is NNc1cc([N+](=O)[O-])cc(Oc2cccc(Cl)c2Cl)n1. The van der Waals surface area contributed by atoms with Gasteiger partial charge >= 0.3 is 0 Å². The average molecular weight is 315 g/mol. The van der Waals surface area contributed by atoms with Crippen LogP contribution in [-0.2, 0) is 0 Å². The number of nitrogen functional groups attached to an aromatic ring is 1. The molecule has 9 heteroatoms. The molecule has 0 amide bonds. The molecule has 1 aromatic heterocycles. The van der Waals surface area contributed by atoms with E-state index in [-0.39, 0.29) is 28.2 Å². The number of anilines is 1. The molecule has 0 radical (unpaired) electrons. The topological polar surface area (TPSA) is 103 Å². The van der Waals surface area contributed by atoms with Gasteiger partial charge in [-0.15, -0.1) is 0 Å². The predicted molar refractivity (Wildman–Crippen MR) is 75.2 cm³/mol. The highest BCUT2D eigenvalue weighted by atomic mass is 35.5. The van der Waals surface area contributed by atoms with Crippen LogP contribution in [0.3, 0.4) is 0 Å². The average Bonchev–Trinajstić information content (AvgIpc) is 2.43. The third-order valence-corrected chi connectivity index (χ3v) is 3.08. The summed E-state index contributed by atoms with van der Waals surface area (Å²) in [5, 5.41) is 11.3. The van der Waals surface area contributed by atoms with E-state index in [1.807, 2.05) is 0 Å². The summed E-state index contributed by atoms with van der Waals surface area (Å²) >= 11 is 11.8. The number of nitrogens with one attached hydrogen (secondary N) is 1. The molecule has 7 nitrogen and oxygen atoms in total. The number of nitrogens with zero attached hydrogens (tertiary/aromatic N) is 2. The van der Waals surface area contributed by atoms with E-state index in [4.69, 9.17) is 33.8 Å². The summed E-state index contributed by atoms with van der Waals surface area (Å²) in [6, 6.07) is 7.10. The van der Waals surface area contributed by atoms with Crippen LogP contribution >= 0.6 is 23.2 Å². The second-order valence-corrected chi connectivity index (χ2v) is 4.39. The van der Waals surface area contributed by atoms with Gasteiger partial charge in [-0.05, 0) is 12.1 Å². The maximum absolute atomic E-state index is 10.8. The van der Waals surface area contributed by atoms with Gasteiger partial charge in [0.1, 0.15) is 10.8 Å². The molecule has 1 aromatic carbocycles. The van der Waals surface area contributed by atoms with Crippen LogP contribution in [0.1, 0.15) is 0 Å². The number of pyridine rings is 1. The van der Waals surface area contributed by atoms with E-state index < -0.39 is 4.92 Å². The van der Waals surface area contributed by atoms with Crippen LogP contribution in [0, 0.1) is 10.1 Å². The Kier molecular flexibility index (Phi) is 4.23. The van der Waals surface area contributed by atoms with Gasteiger partial charge in [0.15, 0.2) is 5.82 Å². The van der Waals surface area contributed by atoms with Crippen molar-refractivity contribution < 1.29 is 9.66 Å². The first-order valence-electron chi connectivity index (χ1n) is 5.26. The van der Waals surface area contributed by atoms with E-state index in [0.717, 1.165) is 6.07 Å². The molecular formula is C11H8Cl2N4O3. The number of rotatable bonds is 4. The van der Waals surface area contributed by atoms with Gasteiger partial charge in [-0.1, -0.05) is 29.3 Å². The second kappa shape index (κ2) is 5.91. The zero-order valence-corrected chi connectivity index (χ0v) is 11.4. The molecule has 20 heavy (non-hydrogen) atoms. The van der Waals surface area contributed by atoms with Crippen LogP contribution in [0.2, 0.25) is 10.0 Å². The van der Waals surface area contributed by atoms with Crippen molar-refractivity contribution in [3.05, 3.63) is 50.5 Å². The molecule has 0 saturated carbocycles. The Balaban J connectivity index is 2.40. The van der Waals surface area contributed by atoms with Crippen LogP contribution in [0.5, 0.6) is 11.6 Å². The maximum atomic E-state index is 10.8. The molecule has 2 aromatic rings. The van der Waals surface area contributed by atoms with Gasteiger partial charge in [0.25, 0.3) is 5.69 Å². The molecule has 0 unspecified atom stereocenters. The van der Waals surface area contributed by atoms with E-state index in [0.29, 0.717) is 5.02 Å². The number of hydrogen-bond donors (Lipinski definition) is 2. The molecule has 0 atom stereocenters. The Bertz CT molecular complexity index is 666. The molecular weight excluding hydrogens is 307 g/mol. The van der Waals surface area contributed by atoms with E-state index in [1.165, 1.54) is 6.07 Å². The molecule has 0 saturated heterocycles. The Labute approximate surface area is 123 Å². The van der Waals surface area contributed by atoms with Crippen molar-refractivity contribution >= 4 is 34.7 Å². The molecule has 2 rings (SSSR count). The molecule has 1 heterocycles. The second-order valence-electron chi connectivity index (χ2n) is 3.60. The zero-order chi connectivity index (χ0) is 14.7. The number of nitrogens with two attached hydrogens (primary N) is 1. The minimum Gasteiger partial charge on any atom is -0.437 e. The fourth-order valence-electron chi connectivity index (χ4n) is 1.40. The molecule has 0 spiro atoms. The van der Waals surface area contributed by atoms with Crippen molar-refractivity contribution in [1.82, 2.24) is 4.98 Å². The summed E-state index contributed by atoms with van der Waals surface area (Å²) in [6.07, 6.45) is 0. The van der Waals surface area contributed by atoms with E-state index in [9.17, 15) is 10.1 Å². The number of nitro groups is 1. The number of aromatic nitrogens is 1. The number of hydrogen-bond acceptors (Lipinski definition) is 6. The third kappa shape index (κ3) is 3.08. The fourth-order valence-corrected chi connectivity index (χ4v) is 1.73. The van der Waals surface area contributed by atoms with Crippen molar-refractivity contribution in [2.24, 2.45) is 5.84 Å². The third-order valence-electron chi connectivity index (χ3n) is 2.28. The standard InChI is InChI=1S/C11H8Cl2N4O3/c12-7-2-1-3-8(11(7)13)20-10-5-6(17(18)19)4-9(15-10)16-14/h1-5H,14H2,(H,15,16). The molecule has 3 N–H and O–H groups in total. The Morgan fingerprint density at radius 1 is 1.35 bits per heavy atom. The predicted octanol–water partition coefficient (Wildman–Crippen LogP) is 3.37. The fraction of sp³-hybridized carbons (Fsp3) is 0. The van der Waals surface area contributed by atoms with Gasteiger partial charge in [0, 0.05) is 0 Å². The molecule has 0 fully saturated rings. The van der Waals surface area contributed by atoms with Gasteiger partial charge in [0.05, 0.1) is 22.1 Å². The Morgan fingerprint density at radius 2 is 2.10 bits per heavy atom. The summed E-state index contributed by atoms with van der Waals surface area (Å²) in [7, 11) is 0. The number of hydrazine groups is 1. The lowest BCUT2D eigenvalue weighted by atomic mass is 10.3. The Morgan fingerprint density at radius 3 is 2.75 bits per heavy atom. The van der Waals surface area contributed by atoms with Crippen molar-refractivity contribution in [3.63, 3.8) is 0 Å². The smallest absolute Gasteiger partial charge is 0.278 e. The first-order chi connectivity index (χ1) is 9.51. The van der Waals surface area contributed by atoms with Crippen LogP contribution in [0.25, 0.3) is 0 Å². The van der Waals surface area contributed by atoms with Crippen molar-refractivity contribution in [3.8, 4) is 11.6 Å². The minimum atomic E-state index is -0.588. The molecule has 0 aliphatic heterocycles. The van der Waals surface area contributed by atoms with Crippen LogP contribution in [0.4, 0.5) is 11.5 Å². The van der Waals surface area contributed by atoms with Crippen molar-refractivity contribution in [1.29, 1.82) is 0 Å². The van der Waals surface area contributed by atoms with Crippen LogP contribution in [0.15, 0.2) is 30.3 Å². The zero-order valence-electron chi connectivity index (χ0n) is 9.84. The van der Waals surface area contributed by atoms with Gasteiger partial charge in [-0.2, -0.15) is 4.98 Å². The minimum absolute atomic E-state index is 0.0312. The molecule has 0 bridgehead atoms. The largest absolute Gasteiger partial charge is 0.437 e. The van der Waals surface area contributed by atoms with Gasteiger partial charge in [-0.3, -0.25) is 10.1 Å². The lowest BCUT2D eigenvalue weighted by Gasteiger charge is -2.08. The first kappa shape index (κ1) is 14.3. The van der Waals surface area contributed by atoms with Crippen LogP contribution < -0.4 is 16.0 Å². The highest BCUT2D eigenvalue weighted by Crippen LogP contribution is 2.35. The van der Waals surface area contributed by atoms with Gasteiger partial charge in [0.2, 0.25) is 5.88 Å². The summed E-state index contributed by atoms with van der Waals surface area (Å²) < 4.78 is 5.40. The highest BCUT2D eigenvalue weighted by molar-refractivity contribution is 6.42. The summed E-state index contributed by atoms with van der Waals surface area (Å²) in [4.78, 5) is 14.1. The highest BCUT2D eigenvalue weighted by Gasteiger charge is 2.14. The van der Waals surface area contributed by atoms with Crippen LogP contribution in [-0.4, -0.2) is 9.91 Å². The van der Waals surface area contributed by atoms with Gasteiger partial charge < -0.3 is 10.2 Å². The summed E-state index contributed by atoms with van der Waals surface area (Å²) in [5.41, 5.74) is 2.00. The molecule has 0 aliphatic rings. The lowest BCUT2D eigenvalue weighted by molar-refractivity contribution is -0.384. The number of halogens is 2. The summed E-state index contributed by atoms with van der Waals surface area (Å²) in [5.74, 6) is 5.49. The summed E-state index contributed by atoms with van der Waals surface area (Å²) in [6.45, 7) is 0. The number of benzene rings is 1. The first-order valence-corrected chi connectivity index (χ1v) is 6.02. The lowest BCUT2D eigenvalue weighted by Crippen LogP contribution is -2.09. The van der Waals surface area contributed by atoms with Crippen molar-refractivity contribution in [2.45, 2.75) is 0 Å². The van der Waals surface area contributed by atoms with E-state index in [1.54, 1.807) is 18.2 Å². The quantitative estimate of drug-likeness (QED) is 0.509. The number of ether oxygens (including phenoxy) is 1. The Hall–Kier alpha value is -2.09. The molecule has 104 valence electrons. The van der Waals surface area contributed by atoms with E-state index >= 15 is 0 Å². The van der Waals surface area contributed by atoms with Crippen molar-refractivity contribution in [2.75, 3.05) is 5.43 Å². The maximum Gasteiger partial charge on any atom is 0.278 e. The normalized spacial score (nSPS) is 10.2. The monoisotopic (exact) mass is 314 g/mol. The molecule has 0 aliphatic carbocycles. The van der Waals surface area contributed by atoms with Gasteiger partial charge in [-0.25, -0.2) is 5.84 Å². The van der Waals surface area contributed by atoms with E-state index in [2.05, 4.69) is 10.4 Å².